The first-order chi connectivity index (χ1) is 15.1. The van der Waals surface area contributed by atoms with Crippen LogP contribution in [0.3, 0.4) is 0 Å². The van der Waals surface area contributed by atoms with Crippen molar-refractivity contribution in [2.45, 2.75) is 25.7 Å². The molecule has 1 unspecified atom stereocenters. The summed E-state index contributed by atoms with van der Waals surface area (Å²) in [6.07, 6.45) is 1.84. The predicted octanol–water partition coefficient (Wildman–Crippen LogP) is 3.37. The number of rotatable bonds is 5. The van der Waals surface area contributed by atoms with Gasteiger partial charge in [0.25, 0.3) is 5.91 Å². The molecule has 10 nitrogen and oxygen atoms in total. The van der Waals surface area contributed by atoms with E-state index in [1.54, 1.807) is 25.1 Å². The molecule has 1 atom stereocenters. The predicted molar refractivity (Wildman–Crippen MR) is 125 cm³/mol. The molecule has 1 aliphatic rings. The molecule has 5 N–H and O–H groups in total. The largest absolute Gasteiger partial charge is 0.465 e. The lowest BCUT2D eigenvalue weighted by atomic mass is 9.83. The molecule has 1 saturated heterocycles. The lowest BCUT2D eigenvalue weighted by Gasteiger charge is -2.33. The summed E-state index contributed by atoms with van der Waals surface area (Å²) in [5.74, 6) is 0.158. The minimum Gasteiger partial charge on any atom is -0.465 e. The van der Waals surface area contributed by atoms with E-state index in [2.05, 4.69) is 32.5 Å². The van der Waals surface area contributed by atoms with Crippen LogP contribution < -0.4 is 16.4 Å². The highest BCUT2D eigenvalue weighted by Gasteiger charge is 2.29. The summed E-state index contributed by atoms with van der Waals surface area (Å²) in [5.41, 5.74) is 9.83. The number of nitrogens with one attached hydrogen (secondary N) is 2. The van der Waals surface area contributed by atoms with Gasteiger partial charge in [-0.2, -0.15) is 0 Å². The number of hydrogen-bond donors (Lipinski definition) is 4. The van der Waals surface area contributed by atoms with E-state index in [0.29, 0.717) is 16.9 Å². The van der Waals surface area contributed by atoms with Crippen molar-refractivity contribution >= 4 is 46.6 Å². The average molecular weight is 462 g/mol. The summed E-state index contributed by atoms with van der Waals surface area (Å²) < 4.78 is 0. The van der Waals surface area contributed by atoms with Crippen molar-refractivity contribution in [3.8, 4) is 0 Å². The van der Waals surface area contributed by atoms with Gasteiger partial charge in [0, 0.05) is 26.2 Å². The Labute approximate surface area is 191 Å². The van der Waals surface area contributed by atoms with Gasteiger partial charge in [0.05, 0.1) is 11.4 Å². The molecular weight excluding hydrogens is 434 g/mol. The maximum Gasteiger partial charge on any atom is 0.410 e. The topological polar surface area (TPSA) is 137 Å². The zero-order valence-electron chi connectivity index (χ0n) is 18.6. The van der Waals surface area contributed by atoms with Crippen LogP contribution in [0.25, 0.3) is 0 Å². The molecule has 1 aromatic carbocycles. The zero-order chi connectivity index (χ0) is 23.6. The molecule has 11 heteroatoms. The van der Waals surface area contributed by atoms with Crippen molar-refractivity contribution < 1.29 is 14.7 Å². The maximum absolute atomic E-state index is 13.1. The van der Waals surface area contributed by atoms with Crippen LogP contribution in [-0.2, 0) is 0 Å². The molecule has 32 heavy (non-hydrogen) atoms. The second kappa shape index (κ2) is 9.58. The van der Waals surface area contributed by atoms with Crippen molar-refractivity contribution in [1.29, 1.82) is 0 Å². The van der Waals surface area contributed by atoms with Crippen molar-refractivity contribution in [3.63, 3.8) is 0 Å². The molecule has 172 valence electrons. The van der Waals surface area contributed by atoms with Gasteiger partial charge in [0.15, 0.2) is 11.6 Å². The highest BCUT2D eigenvalue weighted by Crippen LogP contribution is 2.40. The summed E-state index contributed by atoms with van der Waals surface area (Å²) in [4.78, 5) is 35.8. The van der Waals surface area contributed by atoms with Crippen molar-refractivity contribution in [2.75, 3.05) is 50.6 Å². The molecule has 0 bridgehead atoms. The van der Waals surface area contributed by atoms with Gasteiger partial charge in [-0.25, -0.2) is 14.8 Å². The van der Waals surface area contributed by atoms with Crippen LogP contribution in [0.4, 0.5) is 27.8 Å². The second-order valence-electron chi connectivity index (χ2n) is 8.18. The average Bonchev–Trinajstić information content (AvgIpc) is 2.72. The number of likely N-dealkylation sites (N-methyl/N-ethyl adjacent to an activating group) is 1. The van der Waals surface area contributed by atoms with E-state index in [4.69, 9.17) is 22.4 Å². The summed E-state index contributed by atoms with van der Waals surface area (Å²) in [7, 11) is 5.50. The summed E-state index contributed by atoms with van der Waals surface area (Å²) in [5, 5.41) is 14.2. The van der Waals surface area contributed by atoms with E-state index in [0.717, 1.165) is 37.1 Å². The van der Waals surface area contributed by atoms with Gasteiger partial charge < -0.3 is 26.0 Å². The number of likely N-dealkylation sites (tertiary alicyclic amines) is 1. The van der Waals surface area contributed by atoms with Gasteiger partial charge in [-0.3, -0.25) is 10.1 Å². The molecule has 2 amide bonds. The van der Waals surface area contributed by atoms with Gasteiger partial charge in [-0.15, -0.1) is 0 Å². The van der Waals surface area contributed by atoms with E-state index in [-0.39, 0.29) is 28.5 Å². The smallest absolute Gasteiger partial charge is 0.410 e. The third-order valence-corrected chi connectivity index (χ3v) is 5.88. The molecule has 1 aliphatic heterocycles. The number of nitrogens with zero attached hydrogens (tertiary/aromatic N) is 4. The van der Waals surface area contributed by atoms with Crippen LogP contribution in [0.5, 0.6) is 0 Å². The Bertz CT molecular complexity index is 1040. The third kappa shape index (κ3) is 4.86. The van der Waals surface area contributed by atoms with Crippen molar-refractivity contribution in [2.24, 2.45) is 0 Å². The number of piperidine rings is 1. The molecule has 1 fully saturated rings. The number of aromatic nitrogens is 2. The Hall–Kier alpha value is -3.11. The highest BCUT2D eigenvalue weighted by atomic mass is 35.5. The van der Waals surface area contributed by atoms with E-state index in [9.17, 15) is 9.59 Å². The standard InChI is InChI=1S/C21H28ClN7O3/c1-11-8-13(26-18-16(22)19(25-10-24-18)27-21(31)32)17(23)15(14(11)20(30)28(2)3)12-6-5-7-29(4)9-12/h8,10,12H,5-7,9,23H2,1-4H3,(H,31,32)(H2,24,25,26,27). The fourth-order valence-corrected chi connectivity index (χ4v) is 4.26. The first-order valence-electron chi connectivity index (χ1n) is 10.2. The van der Waals surface area contributed by atoms with Crippen LogP contribution in [0.1, 0.15) is 40.2 Å². The van der Waals surface area contributed by atoms with E-state index >= 15 is 0 Å². The van der Waals surface area contributed by atoms with E-state index < -0.39 is 6.09 Å². The Morgan fingerprint density at radius 1 is 1.31 bits per heavy atom. The number of aryl methyl sites for hydroxylation is 1. The van der Waals surface area contributed by atoms with Crippen molar-refractivity contribution in [1.82, 2.24) is 19.8 Å². The minimum atomic E-state index is -1.29. The molecule has 2 aromatic rings. The number of anilines is 4. The lowest BCUT2D eigenvalue weighted by molar-refractivity contribution is 0.0824. The normalized spacial score (nSPS) is 16.5. The SMILES string of the molecule is Cc1cc(Nc2ncnc(NC(=O)O)c2Cl)c(N)c(C2CCCN(C)C2)c1C(=O)N(C)C. The highest BCUT2D eigenvalue weighted by molar-refractivity contribution is 6.35. The monoisotopic (exact) mass is 461 g/mol. The van der Waals surface area contributed by atoms with E-state index in [1.807, 2.05) is 6.92 Å². The van der Waals surface area contributed by atoms with Gasteiger partial charge >= 0.3 is 6.09 Å². The molecule has 0 aliphatic carbocycles. The minimum absolute atomic E-state index is 0.0133. The van der Waals surface area contributed by atoms with Crippen LogP contribution in [0.2, 0.25) is 5.02 Å². The Morgan fingerprint density at radius 2 is 2.00 bits per heavy atom. The van der Waals surface area contributed by atoms with Crippen LogP contribution in [-0.4, -0.2) is 71.1 Å². The van der Waals surface area contributed by atoms with Crippen molar-refractivity contribution in [3.05, 3.63) is 34.1 Å². The third-order valence-electron chi connectivity index (χ3n) is 5.53. The number of nitrogens with two attached hydrogens (primary N) is 1. The molecular formula is C21H28ClN7O3. The van der Waals surface area contributed by atoms with Crippen LogP contribution >= 0.6 is 11.6 Å². The first-order valence-corrected chi connectivity index (χ1v) is 10.6. The number of nitrogen functional groups attached to an aromatic ring is 1. The number of hydrogen-bond acceptors (Lipinski definition) is 7. The van der Waals surface area contributed by atoms with Gasteiger partial charge in [0.1, 0.15) is 11.3 Å². The number of amides is 2. The second-order valence-corrected chi connectivity index (χ2v) is 8.56. The van der Waals surface area contributed by atoms with Gasteiger partial charge in [-0.05, 0) is 56.5 Å². The fraction of sp³-hybridized carbons (Fsp3) is 0.429. The zero-order valence-corrected chi connectivity index (χ0v) is 19.3. The van der Waals surface area contributed by atoms with Gasteiger partial charge in [0.2, 0.25) is 0 Å². The number of benzene rings is 1. The van der Waals surface area contributed by atoms with E-state index in [1.165, 1.54) is 6.33 Å². The maximum atomic E-state index is 13.1. The summed E-state index contributed by atoms with van der Waals surface area (Å²) in [6, 6.07) is 1.78. The molecule has 0 saturated carbocycles. The first kappa shape index (κ1) is 23.6. The Balaban J connectivity index is 2.11. The number of halogens is 1. The number of carboxylic acid groups (broad SMARTS) is 1. The molecule has 0 spiro atoms. The molecule has 0 radical (unpaired) electrons. The van der Waals surface area contributed by atoms with Crippen LogP contribution in [0, 0.1) is 6.92 Å². The molecule has 1 aromatic heterocycles. The van der Waals surface area contributed by atoms with Gasteiger partial charge in [-0.1, -0.05) is 11.6 Å². The Kier molecular flexibility index (Phi) is 7.05. The molecule has 2 heterocycles. The lowest BCUT2D eigenvalue weighted by Crippen LogP contribution is -2.33. The number of carbonyl (C=O) groups is 2. The fourth-order valence-electron chi connectivity index (χ4n) is 4.07. The summed E-state index contributed by atoms with van der Waals surface area (Å²) >= 11 is 6.30. The Morgan fingerprint density at radius 3 is 2.62 bits per heavy atom. The number of carbonyl (C=O) groups excluding carboxylic acids is 1. The summed E-state index contributed by atoms with van der Waals surface area (Å²) in [6.45, 7) is 3.67. The quantitative estimate of drug-likeness (QED) is 0.497. The van der Waals surface area contributed by atoms with Crippen LogP contribution in [0.15, 0.2) is 12.4 Å². The molecule has 3 rings (SSSR count).